The summed E-state index contributed by atoms with van der Waals surface area (Å²) < 4.78 is 11.9. The van der Waals surface area contributed by atoms with Crippen LogP contribution in [0.5, 0.6) is 0 Å². The van der Waals surface area contributed by atoms with Crippen molar-refractivity contribution in [3.8, 4) is 0 Å². The van der Waals surface area contributed by atoms with Gasteiger partial charge in [0.25, 0.3) is 0 Å². The number of ether oxygens (including phenoxy) is 2. The van der Waals surface area contributed by atoms with Gasteiger partial charge in [-0.3, -0.25) is 0 Å². The minimum Gasteiger partial charge on any atom is -0.380 e. The molecule has 0 aromatic heterocycles. The second-order valence-electron chi connectivity index (χ2n) is 3.23. The molecule has 0 spiro atoms. The monoisotopic (exact) mass is 287 g/mol. The molecule has 4 heteroatoms. The first-order valence-electron chi connectivity index (χ1n) is 5.49. The van der Waals surface area contributed by atoms with Crippen molar-refractivity contribution in [2.75, 3.05) is 25.1 Å². The highest BCUT2D eigenvalue weighted by Crippen LogP contribution is 2.15. The van der Waals surface area contributed by atoms with Crippen LogP contribution < -0.4 is 5.32 Å². The van der Waals surface area contributed by atoms with Crippen molar-refractivity contribution in [3.63, 3.8) is 0 Å². The molecule has 1 rings (SSSR count). The van der Waals surface area contributed by atoms with Crippen LogP contribution in [0, 0.1) is 0 Å². The van der Waals surface area contributed by atoms with Gasteiger partial charge in [0, 0.05) is 23.4 Å². The van der Waals surface area contributed by atoms with Gasteiger partial charge in [0.1, 0.15) is 0 Å². The topological polar surface area (TPSA) is 30.5 Å². The molecule has 0 heterocycles. The fourth-order valence-electron chi connectivity index (χ4n) is 1.34. The predicted octanol–water partition coefficient (Wildman–Crippen LogP) is 3.26. The van der Waals surface area contributed by atoms with Gasteiger partial charge in [-0.25, -0.2) is 0 Å². The third-order valence-corrected chi connectivity index (χ3v) is 2.50. The minimum atomic E-state index is -0.186. The third kappa shape index (κ3) is 4.96. The van der Waals surface area contributed by atoms with Crippen molar-refractivity contribution >= 4 is 21.6 Å². The summed E-state index contributed by atoms with van der Waals surface area (Å²) in [5.41, 5.74) is 1.05. The van der Waals surface area contributed by atoms with Crippen molar-refractivity contribution in [2.24, 2.45) is 0 Å². The number of nitrogens with one attached hydrogen (secondary N) is 1. The van der Waals surface area contributed by atoms with E-state index in [1.54, 1.807) is 0 Å². The van der Waals surface area contributed by atoms with Crippen LogP contribution in [0.3, 0.4) is 0 Å². The van der Waals surface area contributed by atoms with E-state index in [1.165, 1.54) is 0 Å². The lowest BCUT2D eigenvalue weighted by Gasteiger charge is -2.18. The predicted molar refractivity (Wildman–Crippen MR) is 69.7 cm³/mol. The maximum Gasteiger partial charge on any atom is 0.174 e. The Morgan fingerprint density at radius 2 is 1.94 bits per heavy atom. The molecular weight excluding hydrogens is 270 g/mol. The van der Waals surface area contributed by atoms with Crippen LogP contribution in [-0.4, -0.2) is 26.0 Å². The van der Waals surface area contributed by atoms with Crippen LogP contribution in [0.2, 0.25) is 0 Å². The standard InChI is InChI=1S/C12H18BrNO2/c1-3-15-12(16-4-2)9-14-11-7-5-6-10(13)8-11/h5-8,12,14H,3-4,9H2,1-2H3. The molecule has 0 amide bonds. The highest BCUT2D eigenvalue weighted by atomic mass is 79.9. The average Bonchev–Trinajstić information content (AvgIpc) is 2.27. The lowest BCUT2D eigenvalue weighted by molar-refractivity contribution is -0.126. The number of benzene rings is 1. The molecule has 0 saturated carbocycles. The molecule has 0 aliphatic heterocycles. The molecule has 16 heavy (non-hydrogen) atoms. The van der Waals surface area contributed by atoms with Crippen molar-refractivity contribution in [1.29, 1.82) is 0 Å². The Labute approximate surface area is 105 Å². The second-order valence-corrected chi connectivity index (χ2v) is 4.15. The van der Waals surface area contributed by atoms with Crippen molar-refractivity contribution in [3.05, 3.63) is 28.7 Å². The average molecular weight is 288 g/mol. The first kappa shape index (κ1) is 13.5. The normalized spacial score (nSPS) is 10.8. The molecule has 0 atom stereocenters. The van der Waals surface area contributed by atoms with E-state index in [9.17, 15) is 0 Å². The second kappa shape index (κ2) is 7.65. The Bertz CT molecular complexity index is 301. The first-order chi connectivity index (χ1) is 7.76. The Morgan fingerprint density at radius 1 is 1.25 bits per heavy atom. The van der Waals surface area contributed by atoms with E-state index in [0.717, 1.165) is 10.2 Å². The van der Waals surface area contributed by atoms with Gasteiger partial charge in [-0.1, -0.05) is 22.0 Å². The van der Waals surface area contributed by atoms with E-state index in [2.05, 4.69) is 21.2 Å². The summed E-state index contributed by atoms with van der Waals surface area (Å²) in [6.45, 7) is 5.89. The molecule has 90 valence electrons. The largest absolute Gasteiger partial charge is 0.380 e. The van der Waals surface area contributed by atoms with E-state index >= 15 is 0 Å². The highest BCUT2D eigenvalue weighted by molar-refractivity contribution is 9.10. The van der Waals surface area contributed by atoms with Gasteiger partial charge in [0.05, 0.1) is 6.54 Å². The summed E-state index contributed by atoms with van der Waals surface area (Å²) in [6.07, 6.45) is -0.186. The fraction of sp³-hybridized carbons (Fsp3) is 0.500. The van der Waals surface area contributed by atoms with Gasteiger partial charge in [-0.2, -0.15) is 0 Å². The molecule has 3 nitrogen and oxygen atoms in total. The number of rotatable bonds is 7. The SMILES string of the molecule is CCOC(CNc1cccc(Br)c1)OCC. The molecule has 0 bridgehead atoms. The molecule has 0 unspecified atom stereocenters. The fourth-order valence-corrected chi connectivity index (χ4v) is 1.74. The molecule has 0 aliphatic carbocycles. The summed E-state index contributed by atoms with van der Waals surface area (Å²) >= 11 is 3.43. The zero-order valence-corrected chi connectivity index (χ0v) is 11.3. The summed E-state index contributed by atoms with van der Waals surface area (Å²) in [4.78, 5) is 0. The summed E-state index contributed by atoms with van der Waals surface area (Å²) in [7, 11) is 0. The van der Waals surface area contributed by atoms with Crippen molar-refractivity contribution < 1.29 is 9.47 Å². The van der Waals surface area contributed by atoms with Gasteiger partial charge in [0.15, 0.2) is 6.29 Å². The maximum atomic E-state index is 5.44. The molecule has 0 saturated heterocycles. The number of halogens is 1. The van der Waals surface area contributed by atoms with Crippen LogP contribution in [-0.2, 0) is 9.47 Å². The summed E-state index contributed by atoms with van der Waals surface area (Å²) in [6, 6.07) is 8.02. The molecule has 1 aromatic carbocycles. The van der Waals surface area contributed by atoms with Gasteiger partial charge in [-0.15, -0.1) is 0 Å². The molecular formula is C12H18BrNO2. The summed E-state index contributed by atoms with van der Waals surface area (Å²) in [5, 5.41) is 3.28. The Hall–Kier alpha value is -0.580. The van der Waals surface area contributed by atoms with Crippen molar-refractivity contribution in [1.82, 2.24) is 0 Å². The number of anilines is 1. The Balaban J connectivity index is 2.41. The Kier molecular flexibility index (Phi) is 6.45. The summed E-state index contributed by atoms with van der Waals surface area (Å²) in [5.74, 6) is 0. The van der Waals surface area contributed by atoms with Gasteiger partial charge in [-0.05, 0) is 32.0 Å². The highest BCUT2D eigenvalue weighted by Gasteiger charge is 2.06. The van der Waals surface area contributed by atoms with Crippen LogP contribution >= 0.6 is 15.9 Å². The zero-order chi connectivity index (χ0) is 11.8. The van der Waals surface area contributed by atoms with E-state index in [4.69, 9.17) is 9.47 Å². The minimum absolute atomic E-state index is 0.186. The van der Waals surface area contributed by atoms with E-state index in [0.29, 0.717) is 19.8 Å². The van der Waals surface area contributed by atoms with E-state index in [-0.39, 0.29) is 6.29 Å². The molecule has 0 fully saturated rings. The van der Waals surface area contributed by atoms with Crippen LogP contribution in [0.1, 0.15) is 13.8 Å². The molecule has 1 aromatic rings. The van der Waals surface area contributed by atoms with E-state index < -0.39 is 0 Å². The maximum absolute atomic E-state index is 5.44. The van der Waals surface area contributed by atoms with E-state index in [1.807, 2.05) is 38.1 Å². The molecule has 1 N–H and O–H groups in total. The van der Waals surface area contributed by atoms with Crippen molar-refractivity contribution in [2.45, 2.75) is 20.1 Å². The van der Waals surface area contributed by atoms with Crippen LogP contribution in [0.4, 0.5) is 5.69 Å². The lowest BCUT2D eigenvalue weighted by atomic mass is 10.3. The molecule has 0 aliphatic rings. The van der Waals surface area contributed by atoms with Gasteiger partial charge < -0.3 is 14.8 Å². The third-order valence-electron chi connectivity index (χ3n) is 2.00. The van der Waals surface area contributed by atoms with Gasteiger partial charge >= 0.3 is 0 Å². The quantitative estimate of drug-likeness (QED) is 0.781. The van der Waals surface area contributed by atoms with Crippen LogP contribution in [0.25, 0.3) is 0 Å². The number of hydrogen-bond acceptors (Lipinski definition) is 3. The Morgan fingerprint density at radius 3 is 2.50 bits per heavy atom. The first-order valence-corrected chi connectivity index (χ1v) is 6.28. The molecule has 0 radical (unpaired) electrons. The smallest absolute Gasteiger partial charge is 0.174 e. The number of hydrogen-bond donors (Lipinski definition) is 1. The van der Waals surface area contributed by atoms with Crippen LogP contribution in [0.15, 0.2) is 28.7 Å². The van der Waals surface area contributed by atoms with Gasteiger partial charge in [0.2, 0.25) is 0 Å². The zero-order valence-electron chi connectivity index (χ0n) is 9.70. The lowest BCUT2D eigenvalue weighted by Crippen LogP contribution is -2.26.